The molecule has 2 aromatic carbocycles. The van der Waals surface area contributed by atoms with Gasteiger partial charge in [-0.1, -0.05) is 6.07 Å². The van der Waals surface area contributed by atoms with Crippen molar-refractivity contribution in [1.29, 1.82) is 0 Å². The van der Waals surface area contributed by atoms with Crippen LogP contribution in [0, 0.1) is 11.6 Å². The van der Waals surface area contributed by atoms with E-state index in [4.69, 9.17) is 0 Å². The second kappa shape index (κ2) is 8.69. The Morgan fingerprint density at radius 2 is 1.76 bits per heavy atom. The molecule has 1 N–H and O–H groups in total. The largest absolute Gasteiger partial charge is 0.369 e. The predicted octanol–water partition coefficient (Wildman–Crippen LogP) is 3.73. The Bertz CT molecular complexity index is 1440. The van der Waals surface area contributed by atoms with Crippen LogP contribution in [0.3, 0.4) is 0 Å². The van der Waals surface area contributed by atoms with E-state index in [0.717, 1.165) is 60.7 Å². The van der Waals surface area contributed by atoms with Gasteiger partial charge in [0.1, 0.15) is 11.4 Å². The van der Waals surface area contributed by atoms with Crippen molar-refractivity contribution in [3.8, 4) is 5.69 Å². The fourth-order valence-electron chi connectivity index (χ4n) is 4.34. The molecule has 1 aliphatic rings. The zero-order valence-corrected chi connectivity index (χ0v) is 18.5. The van der Waals surface area contributed by atoms with Crippen LogP contribution in [-0.2, 0) is 6.54 Å². The van der Waals surface area contributed by atoms with E-state index in [9.17, 15) is 18.4 Å². The van der Waals surface area contributed by atoms with Crippen LogP contribution in [0.25, 0.3) is 16.6 Å². The van der Waals surface area contributed by atoms with E-state index in [2.05, 4.69) is 20.4 Å². The Hall–Kier alpha value is -4.08. The molecule has 0 aliphatic carbocycles. The molecule has 3 heterocycles. The summed E-state index contributed by atoms with van der Waals surface area (Å²) in [4.78, 5) is 27.6. The summed E-state index contributed by atoms with van der Waals surface area (Å²) in [7, 11) is 0. The van der Waals surface area contributed by atoms with Crippen molar-refractivity contribution in [2.45, 2.75) is 26.3 Å². The number of nitrogens with zero attached hydrogens (tertiary/aromatic N) is 5. The van der Waals surface area contributed by atoms with Gasteiger partial charge in [-0.25, -0.2) is 8.78 Å². The van der Waals surface area contributed by atoms with Crippen molar-refractivity contribution in [3.63, 3.8) is 0 Å². The number of aromatic nitrogens is 4. The molecule has 0 radical (unpaired) electrons. The number of anilines is 2. The highest BCUT2D eigenvalue weighted by Gasteiger charge is 2.23. The van der Waals surface area contributed by atoms with Crippen LogP contribution in [0.2, 0.25) is 0 Å². The third kappa shape index (κ3) is 3.70. The molecule has 5 rings (SSSR count). The van der Waals surface area contributed by atoms with Gasteiger partial charge in [0.15, 0.2) is 11.6 Å². The van der Waals surface area contributed by atoms with Crippen LogP contribution < -0.4 is 15.8 Å². The molecule has 1 amide bonds. The summed E-state index contributed by atoms with van der Waals surface area (Å²) in [6.45, 7) is 4.44. The highest BCUT2D eigenvalue weighted by molar-refractivity contribution is 6.08. The van der Waals surface area contributed by atoms with Gasteiger partial charge in [0, 0.05) is 31.1 Å². The quantitative estimate of drug-likeness (QED) is 0.487. The first kappa shape index (κ1) is 21.7. The molecule has 0 atom stereocenters. The molecule has 2 aromatic heterocycles. The summed E-state index contributed by atoms with van der Waals surface area (Å²) in [5.74, 6) is -2.52. The highest BCUT2D eigenvalue weighted by atomic mass is 19.1. The number of amides is 1. The average Bonchev–Trinajstić information content (AvgIpc) is 3.50. The van der Waals surface area contributed by atoms with Gasteiger partial charge in [-0.2, -0.15) is 14.9 Å². The Morgan fingerprint density at radius 3 is 2.47 bits per heavy atom. The van der Waals surface area contributed by atoms with E-state index in [1.807, 2.05) is 23.7 Å². The van der Waals surface area contributed by atoms with Crippen LogP contribution in [0.15, 0.2) is 53.5 Å². The number of nitrogens with one attached hydrogen (secondary N) is 1. The maximum absolute atomic E-state index is 14.2. The van der Waals surface area contributed by atoms with Crippen LogP contribution in [-0.4, -0.2) is 38.6 Å². The van der Waals surface area contributed by atoms with Crippen LogP contribution in [0.5, 0.6) is 0 Å². The number of halogens is 2. The Labute approximate surface area is 193 Å². The minimum absolute atomic E-state index is 0.154. The molecule has 174 valence electrons. The first-order chi connectivity index (χ1) is 16.5. The van der Waals surface area contributed by atoms with E-state index in [1.165, 1.54) is 12.1 Å². The molecule has 0 unspecified atom stereocenters. The fraction of sp³-hybridized carbons (Fsp3) is 0.250. The van der Waals surface area contributed by atoms with Crippen molar-refractivity contribution >= 4 is 28.2 Å². The van der Waals surface area contributed by atoms with Crippen LogP contribution in [0.1, 0.15) is 30.3 Å². The Morgan fingerprint density at radius 1 is 1.03 bits per heavy atom. The number of fused-ring (bicyclic) bond motifs is 1. The normalized spacial score (nSPS) is 13.6. The fourth-order valence-corrected chi connectivity index (χ4v) is 4.34. The standard InChI is InChI=1S/C24H22F2N6O2/c1-2-31-20-10-8-18(22(15(20)14-27-31)30-12-3-4-13-30)28-24(34)19-9-11-21(33)32(29-19)23-16(25)6-5-7-17(23)26/h5-11,14H,2-4,12-13H2,1H3,(H,28,34). The van der Waals surface area contributed by atoms with Crippen LogP contribution >= 0.6 is 0 Å². The molecule has 4 aromatic rings. The highest BCUT2D eigenvalue weighted by Crippen LogP contribution is 2.37. The van der Waals surface area contributed by atoms with Gasteiger partial charge < -0.3 is 10.2 Å². The van der Waals surface area contributed by atoms with Crippen molar-refractivity contribution < 1.29 is 13.6 Å². The van der Waals surface area contributed by atoms with Gasteiger partial charge in [-0.15, -0.1) is 0 Å². The molecule has 1 saturated heterocycles. The monoisotopic (exact) mass is 464 g/mol. The molecule has 34 heavy (non-hydrogen) atoms. The average molecular weight is 464 g/mol. The van der Waals surface area contributed by atoms with Crippen LogP contribution in [0.4, 0.5) is 20.2 Å². The van der Waals surface area contributed by atoms with Crippen molar-refractivity contribution in [2.75, 3.05) is 23.3 Å². The minimum Gasteiger partial charge on any atom is -0.369 e. The molecular weight excluding hydrogens is 442 g/mol. The van der Waals surface area contributed by atoms with Crippen molar-refractivity contribution in [3.05, 3.63) is 76.3 Å². The lowest BCUT2D eigenvalue weighted by Crippen LogP contribution is -2.27. The molecule has 0 saturated carbocycles. The number of para-hydroxylation sites is 1. The van der Waals surface area contributed by atoms with Gasteiger partial charge in [0.2, 0.25) is 0 Å². The Balaban J connectivity index is 1.55. The molecule has 0 bridgehead atoms. The third-order valence-electron chi connectivity index (χ3n) is 5.95. The second-order valence-corrected chi connectivity index (χ2v) is 8.04. The summed E-state index contributed by atoms with van der Waals surface area (Å²) in [5, 5.41) is 12.2. The zero-order valence-electron chi connectivity index (χ0n) is 18.5. The number of rotatable bonds is 5. The summed E-state index contributed by atoms with van der Waals surface area (Å²) in [5.41, 5.74) is 0.867. The molecule has 1 aliphatic heterocycles. The van der Waals surface area contributed by atoms with E-state index in [1.54, 1.807) is 6.20 Å². The molecule has 10 heteroatoms. The predicted molar refractivity (Wildman–Crippen MR) is 125 cm³/mol. The summed E-state index contributed by atoms with van der Waals surface area (Å²) >= 11 is 0. The summed E-state index contributed by atoms with van der Waals surface area (Å²) in [6, 6.07) is 9.23. The first-order valence-electron chi connectivity index (χ1n) is 11.1. The number of carbonyl (C=O) groups is 1. The van der Waals surface area contributed by atoms with Gasteiger partial charge in [-0.3, -0.25) is 14.3 Å². The zero-order chi connectivity index (χ0) is 23.8. The van der Waals surface area contributed by atoms with Crippen molar-refractivity contribution in [1.82, 2.24) is 19.6 Å². The lowest BCUT2D eigenvalue weighted by Gasteiger charge is -2.23. The second-order valence-electron chi connectivity index (χ2n) is 8.04. The van der Waals surface area contributed by atoms with E-state index < -0.39 is 28.8 Å². The Kier molecular flexibility index (Phi) is 5.56. The van der Waals surface area contributed by atoms with Gasteiger partial charge in [0.05, 0.1) is 23.1 Å². The van der Waals surface area contributed by atoms with Crippen molar-refractivity contribution in [2.24, 2.45) is 0 Å². The van der Waals surface area contributed by atoms with Gasteiger partial charge in [0.25, 0.3) is 11.5 Å². The number of hydrogen-bond acceptors (Lipinski definition) is 5. The molecule has 0 spiro atoms. The van der Waals surface area contributed by atoms with E-state index in [-0.39, 0.29) is 5.69 Å². The first-order valence-corrected chi connectivity index (χ1v) is 11.1. The number of carbonyl (C=O) groups excluding carboxylic acids is 1. The minimum atomic E-state index is -0.957. The smallest absolute Gasteiger partial charge is 0.276 e. The number of aryl methyl sites for hydroxylation is 1. The topological polar surface area (TPSA) is 85.0 Å². The van der Waals surface area contributed by atoms with Gasteiger partial charge >= 0.3 is 0 Å². The maximum atomic E-state index is 14.2. The molecule has 1 fully saturated rings. The van der Waals surface area contributed by atoms with E-state index >= 15 is 0 Å². The molecular formula is C24H22F2N6O2. The number of hydrogen-bond donors (Lipinski definition) is 1. The maximum Gasteiger partial charge on any atom is 0.276 e. The number of benzene rings is 2. The van der Waals surface area contributed by atoms with E-state index in [0.29, 0.717) is 16.9 Å². The SMILES string of the molecule is CCn1ncc2c(N3CCCC3)c(NC(=O)c3ccc(=O)n(-c4c(F)cccc4F)n3)ccc21. The molecule has 8 nitrogen and oxygen atoms in total. The lowest BCUT2D eigenvalue weighted by molar-refractivity contribution is 0.102. The van der Waals surface area contributed by atoms with Gasteiger partial charge in [-0.05, 0) is 50.1 Å². The summed E-state index contributed by atoms with van der Waals surface area (Å²) in [6.07, 6.45) is 3.89. The summed E-state index contributed by atoms with van der Waals surface area (Å²) < 4.78 is 30.9. The lowest BCUT2D eigenvalue weighted by atomic mass is 10.1. The third-order valence-corrected chi connectivity index (χ3v) is 5.95.